The summed E-state index contributed by atoms with van der Waals surface area (Å²) >= 11 is 0. The van der Waals surface area contributed by atoms with E-state index in [1.165, 1.54) is 13.2 Å². The molecule has 0 spiro atoms. The number of rotatable bonds is 2. The van der Waals surface area contributed by atoms with Crippen LogP contribution in [0.3, 0.4) is 0 Å². The number of oxazole rings is 1. The third-order valence-electron chi connectivity index (χ3n) is 1.47. The molecule has 0 N–H and O–H groups in total. The van der Waals surface area contributed by atoms with Crippen molar-refractivity contribution in [2.24, 2.45) is 0 Å². The molecule has 62 valence electrons. The van der Waals surface area contributed by atoms with E-state index in [4.69, 9.17) is 4.42 Å². The lowest BCUT2D eigenvalue weighted by atomic mass is 10.2. The van der Waals surface area contributed by atoms with Crippen LogP contribution in [0.5, 0.6) is 0 Å². The van der Waals surface area contributed by atoms with Crippen molar-refractivity contribution in [2.45, 2.75) is 32.9 Å². The molecule has 11 heavy (non-hydrogen) atoms. The van der Waals surface area contributed by atoms with Crippen molar-refractivity contribution in [3.05, 3.63) is 17.8 Å². The molecule has 1 aromatic heterocycles. The molecule has 2 nitrogen and oxygen atoms in total. The van der Waals surface area contributed by atoms with Gasteiger partial charge < -0.3 is 4.42 Å². The summed E-state index contributed by atoms with van der Waals surface area (Å²) in [6.07, 6.45) is 0.401. The van der Waals surface area contributed by atoms with Gasteiger partial charge in [0.15, 0.2) is 6.17 Å². The van der Waals surface area contributed by atoms with Gasteiger partial charge in [-0.2, -0.15) is 0 Å². The van der Waals surface area contributed by atoms with Gasteiger partial charge in [0.05, 0.1) is 5.69 Å². The molecule has 1 rings (SSSR count). The fraction of sp³-hybridized carbons (Fsp3) is 0.625. The first kappa shape index (κ1) is 8.24. The molecule has 1 atom stereocenters. The van der Waals surface area contributed by atoms with Gasteiger partial charge in [0.25, 0.3) is 0 Å². The van der Waals surface area contributed by atoms with Gasteiger partial charge in [-0.05, 0) is 12.8 Å². The molecule has 0 radical (unpaired) electrons. The monoisotopic (exact) mass is 157 g/mol. The summed E-state index contributed by atoms with van der Waals surface area (Å²) in [7, 11) is 0. The maximum absolute atomic E-state index is 12.6. The Kier molecular flexibility index (Phi) is 2.27. The zero-order valence-electron chi connectivity index (χ0n) is 6.97. The van der Waals surface area contributed by atoms with Crippen molar-refractivity contribution in [2.75, 3.05) is 0 Å². The molecule has 3 heteroatoms. The lowest BCUT2D eigenvalue weighted by Crippen LogP contribution is -1.89. The molecule has 0 bridgehead atoms. The number of alkyl halides is 1. The Labute approximate surface area is 65.4 Å². The van der Waals surface area contributed by atoms with Crippen LogP contribution in [0, 0.1) is 0 Å². The van der Waals surface area contributed by atoms with Crippen LogP contribution in [0.4, 0.5) is 4.39 Å². The number of halogens is 1. The summed E-state index contributed by atoms with van der Waals surface area (Å²) in [4.78, 5) is 3.97. The fourth-order valence-corrected chi connectivity index (χ4v) is 0.749. The molecule has 0 aliphatic heterocycles. The van der Waals surface area contributed by atoms with E-state index >= 15 is 0 Å². The molecule has 1 heterocycles. The predicted molar refractivity (Wildman–Crippen MR) is 40.1 cm³/mol. The Hall–Kier alpha value is -0.860. The molecule has 0 aromatic carbocycles. The van der Waals surface area contributed by atoms with Crippen LogP contribution in [0.2, 0.25) is 0 Å². The molecular weight excluding hydrogens is 145 g/mol. The van der Waals surface area contributed by atoms with Crippen LogP contribution in [0.15, 0.2) is 10.7 Å². The Morgan fingerprint density at radius 1 is 1.45 bits per heavy atom. The van der Waals surface area contributed by atoms with E-state index in [9.17, 15) is 4.39 Å². The molecule has 1 unspecified atom stereocenters. The zero-order valence-corrected chi connectivity index (χ0v) is 6.97. The smallest absolute Gasteiger partial charge is 0.228 e. The Morgan fingerprint density at radius 3 is 2.36 bits per heavy atom. The van der Waals surface area contributed by atoms with E-state index in [2.05, 4.69) is 4.98 Å². The molecule has 0 amide bonds. The summed E-state index contributed by atoms with van der Waals surface area (Å²) in [6, 6.07) is 0. The van der Waals surface area contributed by atoms with Gasteiger partial charge in [0.2, 0.25) is 5.89 Å². The first-order valence-electron chi connectivity index (χ1n) is 3.70. The maximum Gasteiger partial charge on any atom is 0.228 e. The molecule has 0 aliphatic carbocycles. The Balaban J connectivity index is 2.82. The van der Waals surface area contributed by atoms with E-state index in [0.29, 0.717) is 5.92 Å². The number of hydrogen-bond donors (Lipinski definition) is 0. The molecule has 0 saturated heterocycles. The van der Waals surface area contributed by atoms with E-state index in [-0.39, 0.29) is 5.89 Å². The molecule has 1 aromatic rings. The van der Waals surface area contributed by atoms with Gasteiger partial charge in [0, 0.05) is 0 Å². The van der Waals surface area contributed by atoms with Crippen LogP contribution in [0.1, 0.15) is 44.4 Å². The van der Waals surface area contributed by atoms with E-state index in [1.54, 1.807) is 0 Å². The SMILES string of the molecule is CC(C)c1coc(C(C)F)n1. The topological polar surface area (TPSA) is 26.0 Å². The van der Waals surface area contributed by atoms with E-state index in [0.717, 1.165) is 5.69 Å². The third kappa shape index (κ3) is 1.79. The Bertz CT molecular complexity index is 207. The van der Waals surface area contributed by atoms with Crippen LogP contribution < -0.4 is 0 Å². The van der Waals surface area contributed by atoms with E-state index in [1.807, 2.05) is 13.8 Å². The predicted octanol–water partition coefficient (Wildman–Crippen LogP) is 2.83. The summed E-state index contributed by atoms with van der Waals surface area (Å²) < 4.78 is 17.5. The van der Waals surface area contributed by atoms with E-state index < -0.39 is 6.17 Å². The third-order valence-corrected chi connectivity index (χ3v) is 1.47. The van der Waals surface area contributed by atoms with Gasteiger partial charge in [-0.1, -0.05) is 13.8 Å². The molecular formula is C8H12FNO. The first-order chi connectivity index (χ1) is 5.11. The van der Waals surface area contributed by atoms with Gasteiger partial charge in [0.1, 0.15) is 6.26 Å². The van der Waals surface area contributed by atoms with Gasteiger partial charge in [-0.3, -0.25) is 0 Å². The number of hydrogen-bond acceptors (Lipinski definition) is 2. The lowest BCUT2D eigenvalue weighted by Gasteiger charge is -1.95. The van der Waals surface area contributed by atoms with Crippen molar-refractivity contribution in [1.29, 1.82) is 0 Å². The second kappa shape index (κ2) is 3.03. The van der Waals surface area contributed by atoms with Gasteiger partial charge in [-0.25, -0.2) is 9.37 Å². The molecule has 0 fully saturated rings. The normalized spacial score (nSPS) is 13.9. The first-order valence-corrected chi connectivity index (χ1v) is 3.70. The lowest BCUT2D eigenvalue weighted by molar-refractivity contribution is 0.299. The van der Waals surface area contributed by atoms with Crippen molar-refractivity contribution in [1.82, 2.24) is 4.98 Å². The largest absolute Gasteiger partial charge is 0.446 e. The highest BCUT2D eigenvalue weighted by molar-refractivity contribution is 5.02. The van der Waals surface area contributed by atoms with Gasteiger partial charge >= 0.3 is 0 Å². The standard InChI is InChI=1S/C8H12FNO/c1-5(2)7-4-11-8(10-7)6(3)9/h4-6H,1-3H3. The average Bonchev–Trinajstić information content (AvgIpc) is 2.33. The van der Waals surface area contributed by atoms with Crippen LogP contribution in [-0.4, -0.2) is 4.98 Å². The minimum Gasteiger partial charge on any atom is -0.446 e. The van der Waals surface area contributed by atoms with Crippen molar-refractivity contribution < 1.29 is 8.81 Å². The van der Waals surface area contributed by atoms with Gasteiger partial charge in [-0.15, -0.1) is 0 Å². The number of aromatic nitrogens is 1. The summed E-state index contributed by atoms with van der Waals surface area (Å²) in [6.45, 7) is 5.39. The quantitative estimate of drug-likeness (QED) is 0.659. The highest BCUT2D eigenvalue weighted by atomic mass is 19.1. The average molecular weight is 157 g/mol. The highest BCUT2D eigenvalue weighted by Gasteiger charge is 2.11. The fourth-order valence-electron chi connectivity index (χ4n) is 0.749. The minimum atomic E-state index is -1.11. The summed E-state index contributed by atoms with van der Waals surface area (Å²) in [5.41, 5.74) is 0.810. The Morgan fingerprint density at radius 2 is 2.09 bits per heavy atom. The van der Waals surface area contributed by atoms with Crippen molar-refractivity contribution >= 4 is 0 Å². The van der Waals surface area contributed by atoms with Crippen LogP contribution in [0.25, 0.3) is 0 Å². The molecule has 0 aliphatic rings. The van der Waals surface area contributed by atoms with Crippen LogP contribution >= 0.6 is 0 Å². The van der Waals surface area contributed by atoms with Crippen LogP contribution in [-0.2, 0) is 0 Å². The summed E-state index contributed by atoms with van der Waals surface area (Å²) in [5.74, 6) is 0.472. The summed E-state index contributed by atoms with van der Waals surface area (Å²) in [5, 5.41) is 0. The zero-order chi connectivity index (χ0) is 8.43. The molecule has 0 saturated carbocycles. The maximum atomic E-state index is 12.6. The van der Waals surface area contributed by atoms with Crippen molar-refractivity contribution in [3.63, 3.8) is 0 Å². The second-order valence-electron chi connectivity index (χ2n) is 2.88. The number of nitrogens with zero attached hydrogens (tertiary/aromatic N) is 1. The second-order valence-corrected chi connectivity index (χ2v) is 2.88. The highest BCUT2D eigenvalue weighted by Crippen LogP contribution is 2.19. The minimum absolute atomic E-state index is 0.175. The van der Waals surface area contributed by atoms with Crippen molar-refractivity contribution in [3.8, 4) is 0 Å².